The number of carbonyl (C=O) groups excluding carboxylic acids is 1. The minimum Gasteiger partial charge on any atom is -0.322 e. The van der Waals surface area contributed by atoms with Gasteiger partial charge >= 0.3 is 0 Å². The second-order valence-corrected chi connectivity index (χ2v) is 9.51. The molecule has 1 aliphatic heterocycles. The van der Waals surface area contributed by atoms with E-state index in [9.17, 15) is 13.2 Å². The first kappa shape index (κ1) is 21.2. The summed E-state index contributed by atoms with van der Waals surface area (Å²) < 4.78 is 28.9. The number of nitrogens with one attached hydrogen (secondary N) is 1. The van der Waals surface area contributed by atoms with Crippen molar-refractivity contribution in [1.82, 2.24) is 19.0 Å². The van der Waals surface area contributed by atoms with Gasteiger partial charge < -0.3 is 10.2 Å². The Morgan fingerprint density at radius 2 is 1.61 bits per heavy atom. The van der Waals surface area contributed by atoms with E-state index in [-0.39, 0.29) is 10.8 Å². The molecule has 1 N–H and O–H groups in total. The maximum Gasteiger partial charge on any atom is 0.259 e. The molecule has 0 unspecified atom stereocenters. The second-order valence-electron chi connectivity index (χ2n) is 7.58. The van der Waals surface area contributed by atoms with Gasteiger partial charge in [-0.15, -0.1) is 0 Å². The summed E-state index contributed by atoms with van der Waals surface area (Å²) in [5.41, 5.74) is 2.57. The molecule has 9 heteroatoms. The number of rotatable bonds is 5. The first-order valence-electron chi connectivity index (χ1n) is 10.1. The van der Waals surface area contributed by atoms with E-state index in [1.807, 2.05) is 44.3 Å². The van der Waals surface area contributed by atoms with Crippen LogP contribution < -0.4 is 5.32 Å². The normalized spacial score (nSPS) is 15.7. The van der Waals surface area contributed by atoms with Crippen LogP contribution in [0.5, 0.6) is 0 Å². The van der Waals surface area contributed by atoms with Crippen molar-refractivity contribution in [3.8, 4) is 5.69 Å². The Labute approximate surface area is 182 Å². The smallest absolute Gasteiger partial charge is 0.259 e. The Hall–Kier alpha value is -3.01. The number of amides is 1. The number of benzene rings is 2. The van der Waals surface area contributed by atoms with Crippen LogP contribution >= 0.6 is 0 Å². The summed E-state index contributed by atoms with van der Waals surface area (Å²) >= 11 is 0. The molecule has 0 saturated carbocycles. The number of likely N-dealkylation sites (N-methyl/N-ethyl adjacent to an activating group) is 1. The molecule has 162 valence electrons. The van der Waals surface area contributed by atoms with Gasteiger partial charge in [-0.3, -0.25) is 4.79 Å². The van der Waals surface area contributed by atoms with Crippen molar-refractivity contribution < 1.29 is 13.2 Å². The van der Waals surface area contributed by atoms with Crippen LogP contribution in [0.25, 0.3) is 5.69 Å². The number of para-hydroxylation sites is 1. The molecule has 2 aromatic carbocycles. The lowest BCUT2D eigenvalue weighted by atomic mass is 10.2. The van der Waals surface area contributed by atoms with Gasteiger partial charge in [-0.1, -0.05) is 18.2 Å². The van der Waals surface area contributed by atoms with Crippen LogP contribution in [0.2, 0.25) is 0 Å². The van der Waals surface area contributed by atoms with Crippen LogP contribution in [0.1, 0.15) is 16.1 Å². The van der Waals surface area contributed by atoms with Gasteiger partial charge in [0.2, 0.25) is 10.0 Å². The fraction of sp³-hybridized carbons (Fsp3) is 0.273. The molecule has 1 aliphatic rings. The van der Waals surface area contributed by atoms with Gasteiger partial charge in [-0.25, -0.2) is 13.1 Å². The molecular weight excluding hydrogens is 414 g/mol. The van der Waals surface area contributed by atoms with E-state index in [1.54, 1.807) is 16.8 Å². The minimum absolute atomic E-state index is 0.225. The molecular formula is C22H25N5O3S. The van der Waals surface area contributed by atoms with E-state index in [4.69, 9.17) is 0 Å². The van der Waals surface area contributed by atoms with Crippen molar-refractivity contribution >= 4 is 21.6 Å². The predicted octanol–water partition coefficient (Wildman–Crippen LogP) is 2.37. The maximum atomic E-state index is 12.8. The summed E-state index contributed by atoms with van der Waals surface area (Å²) in [4.78, 5) is 15.1. The SMILES string of the molecule is Cc1c(C(=O)Nc2ccc(S(=O)(=O)N3CCN(C)CC3)cc2)cnn1-c1ccccc1. The number of anilines is 1. The van der Waals surface area contributed by atoms with Gasteiger partial charge in [0.25, 0.3) is 5.91 Å². The summed E-state index contributed by atoms with van der Waals surface area (Å²) in [6.07, 6.45) is 1.53. The monoisotopic (exact) mass is 439 g/mol. The highest BCUT2D eigenvalue weighted by Crippen LogP contribution is 2.21. The van der Waals surface area contributed by atoms with Crippen LogP contribution in [0, 0.1) is 6.92 Å². The number of aromatic nitrogens is 2. The van der Waals surface area contributed by atoms with Gasteiger partial charge in [0.15, 0.2) is 0 Å². The van der Waals surface area contributed by atoms with Crippen molar-refractivity contribution in [3.05, 3.63) is 72.1 Å². The van der Waals surface area contributed by atoms with E-state index < -0.39 is 10.0 Å². The number of hydrogen-bond donors (Lipinski definition) is 1. The molecule has 0 aliphatic carbocycles. The molecule has 0 spiro atoms. The lowest BCUT2D eigenvalue weighted by Crippen LogP contribution is -2.46. The van der Waals surface area contributed by atoms with E-state index in [1.165, 1.54) is 22.6 Å². The van der Waals surface area contributed by atoms with Crippen LogP contribution in [0.3, 0.4) is 0 Å². The zero-order valence-electron chi connectivity index (χ0n) is 17.5. The summed E-state index contributed by atoms with van der Waals surface area (Å²) in [6, 6.07) is 15.9. The predicted molar refractivity (Wildman–Crippen MR) is 119 cm³/mol. The van der Waals surface area contributed by atoms with E-state index >= 15 is 0 Å². The fourth-order valence-corrected chi connectivity index (χ4v) is 4.97. The zero-order chi connectivity index (χ0) is 22.0. The van der Waals surface area contributed by atoms with Crippen LogP contribution in [-0.4, -0.2) is 66.5 Å². The Morgan fingerprint density at radius 3 is 2.26 bits per heavy atom. The highest BCUT2D eigenvalue weighted by Gasteiger charge is 2.27. The molecule has 1 fully saturated rings. The van der Waals surface area contributed by atoms with E-state index in [0.717, 1.165) is 11.4 Å². The van der Waals surface area contributed by atoms with Crippen molar-refractivity contribution in [1.29, 1.82) is 0 Å². The molecule has 1 aromatic heterocycles. The van der Waals surface area contributed by atoms with Gasteiger partial charge in [-0.2, -0.15) is 9.40 Å². The molecule has 1 saturated heterocycles. The molecule has 3 aromatic rings. The maximum absolute atomic E-state index is 12.8. The van der Waals surface area contributed by atoms with Crippen molar-refractivity contribution in [2.24, 2.45) is 0 Å². The molecule has 2 heterocycles. The molecule has 4 rings (SSSR count). The number of nitrogens with zero attached hydrogens (tertiary/aromatic N) is 4. The minimum atomic E-state index is -3.54. The Morgan fingerprint density at radius 1 is 0.968 bits per heavy atom. The van der Waals surface area contributed by atoms with E-state index in [2.05, 4.69) is 15.3 Å². The molecule has 0 radical (unpaired) electrons. The van der Waals surface area contributed by atoms with Gasteiger partial charge in [0.05, 0.1) is 28.0 Å². The highest BCUT2D eigenvalue weighted by atomic mass is 32.2. The lowest BCUT2D eigenvalue weighted by molar-refractivity contribution is 0.102. The molecule has 8 nitrogen and oxygen atoms in total. The number of carbonyl (C=O) groups is 1. The topological polar surface area (TPSA) is 87.5 Å². The van der Waals surface area contributed by atoms with Crippen LogP contribution in [0.4, 0.5) is 5.69 Å². The summed E-state index contributed by atoms with van der Waals surface area (Å²) in [6.45, 7) is 4.21. The average molecular weight is 440 g/mol. The van der Waals surface area contributed by atoms with Crippen molar-refractivity contribution in [2.75, 3.05) is 38.5 Å². The third-order valence-corrected chi connectivity index (χ3v) is 7.38. The Bertz CT molecular complexity index is 1170. The summed E-state index contributed by atoms with van der Waals surface area (Å²) in [5.74, 6) is -0.297. The van der Waals surface area contributed by atoms with Gasteiger partial charge in [0, 0.05) is 31.9 Å². The largest absolute Gasteiger partial charge is 0.322 e. The Balaban J connectivity index is 1.47. The third kappa shape index (κ3) is 4.39. The number of piperazine rings is 1. The van der Waals surface area contributed by atoms with Gasteiger partial charge in [-0.05, 0) is 50.4 Å². The number of sulfonamides is 1. The third-order valence-electron chi connectivity index (χ3n) is 5.47. The van der Waals surface area contributed by atoms with Crippen molar-refractivity contribution in [2.45, 2.75) is 11.8 Å². The first-order chi connectivity index (χ1) is 14.9. The standard InChI is InChI=1S/C22H25N5O3S/c1-17-21(16-23-27(17)19-6-4-3-5-7-19)22(28)24-18-8-10-20(11-9-18)31(29,30)26-14-12-25(2)13-15-26/h3-11,16H,12-15H2,1-2H3,(H,24,28). The quantitative estimate of drug-likeness (QED) is 0.660. The summed E-state index contributed by atoms with van der Waals surface area (Å²) in [5, 5.41) is 7.14. The van der Waals surface area contributed by atoms with Gasteiger partial charge in [0.1, 0.15) is 0 Å². The van der Waals surface area contributed by atoms with Crippen molar-refractivity contribution in [3.63, 3.8) is 0 Å². The van der Waals surface area contributed by atoms with E-state index in [0.29, 0.717) is 37.4 Å². The number of hydrogen-bond acceptors (Lipinski definition) is 5. The molecule has 0 bridgehead atoms. The van der Waals surface area contributed by atoms with Crippen LogP contribution in [0.15, 0.2) is 65.7 Å². The fourth-order valence-electron chi connectivity index (χ4n) is 3.55. The molecule has 31 heavy (non-hydrogen) atoms. The zero-order valence-corrected chi connectivity index (χ0v) is 18.3. The highest BCUT2D eigenvalue weighted by molar-refractivity contribution is 7.89. The average Bonchev–Trinajstić information content (AvgIpc) is 3.16. The Kier molecular flexibility index (Phi) is 5.90. The first-order valence-corrected chi connectivity index (χ1v) is 11.5. The van der Waals surface area contributed by atoms with Crippen LogP contribution in [-0.2, 0) is 10.0 Å². The summed E-state index contributed by atoms with van der Waals surface area (Å²) in [7, 11) is -1.56. The molecule has 0 atom stereocenters. The second kappa shape index (κ2) is 8.62. The molecule has 1 amide bonds. The lowest BCUT2D eigenvalue weighted by Gasteiger charge is -2.31.